The molecule has 0 bridgehead atoms. The average molecular weight is 412 g/mol. The molecule has 0 radical (unpaired) electrons. The lowest BCUT2D eigenvalue weighted by Gasteiger charge is -2.05. The van der Waals surface area contributed by atoms with Crippen LogP contribution in [0.25, 0.3) is 0 Å². The zero-order valence-corrected chi connectivity index (χ0v) is 19.8. The average Bonchev–Trinajstić information content (AvgIpc) is 2.73. The molecule has 0 saturated heterocycles. The van der Waals surface area contributed by atoms with Crippen molar-refractivity contribution in [1.29, 1.82) is 0 Å². The van der Waals surface area contributed by atoms with E-state index in [1.54, 1.807) is 0 Å². The van der Waals surface area contributed by atoms with Gasteiger partial charge in [0.1, 0.15) is 0 Å². The van der Waals surface area contributed by atoms with Crippen molar-refractivity contribution in [3.8, 4) is 0 Å². The van der Waals surface area contributed by atoms with Gasteiger partial charge in [-0.25, -0.2) is 0 Å². The zero-order chi connectivity index (χ0) is 21.3. The normalized spacial score (nSPS) is 11.1. The summed E-state index contributed by atoms with van der Waals surface area (Å²) in [6, 6.07) is 0. The molecule has 0 atom stereocenters. The van der Waals surface area contributed by atoms with Crippen molar-refractivity contribution in [2.24, 2.45) is 0 Å². The first kappa shape index (κ1) is 28.4. The molecular formula is C26H53NO2. The van der Waals surface area contributed by atoms with E-state index in [0.717, 1.165) is 13.0 Å². The highest BCUT2D eigenvalue weighted by Gasteiger charge is 1.99. The molecule has 0 aromatic rings. The lowest BCUT2D eigenvalue weighted by molar-refractivity contribution is -0.121. The second-order valence-electron chi connectivity index (χ2n) is 8.89. The summed E-state index contributed by atoms with van der Waals surface area (Å²) in [5.41, 5.74) is 0. The van der Waals surface area contributed by atoms with E-state index in [-0.39, 0.29) is 12.5 Å². The maximum absolute atomic E-state index is 11.4. The first-order chi connectivity index (χ1) is 14.3. The van der Waals surface area contributed by atoms with E-state index in [9.17, 15) is 4.79 Å². The summed E-state index contributed by atoms with van der Waals surface area (Å²) in [6.45, 7) is 3.19. The predicted octanol–water partition coefficient (Wildman–Crippen LogP) is 7.70. The van der Waals surface area contributed by atoms with Gasteiger partial charge in [-0.15, -0.1) is 0 Å². The van der Waals surface area contributed by atoms with Crippen LogP contribution in [0.4, 0.5) is 0 Å². The first-order valence-electron chi connectivity index (χ1n) is 13.2. The van der Waals surface area contributed by atoms with Crippen LogP contribution in [0.3, 0.4) is 0 Å². The van der Waals surface area contributed by atoms with Crippen molar-refractivity contribution in [1.82, 2.24) is 5.32 Å². The Balaban J connectivity index is 3.04. The molecule has 0 aliphatic heterocycles. The highest BCUT2D eigenvalue weighted by molar-refractivity contribution is 5.75. The van der Waals surface area contributed by atoms with E-state index in [0.29, 0.717) is 12.8 Å². The first-order valence-corrected chi connectivity index (χ1v) is 13.2. The van der Waals surface area contributed by atoms with Gasteiger partial charge in [0.25, 0.3) is 0 Å². The Hall–Kier alpha value is -0.570. The van der Waals surface area contributed by atoms with Gasteiger partial charge in [-0.1, -0.05) is 129 Å². The third kappa shape index (κ3) is 25.4. The van der Waals surface area contributed by atoms with Gasteiger partial charge in [0.15, 0.2) is 0 Å². The number of hydrogen-bond donors (Lipinski definition) is 2. The largest absolute Gasteiger partial charge is 0.396 e. The molecule has 0 unspecified atom stereocenters. The summed E-state index contributed by atoms with van der Waals surface area (Å²) < 4.78 is 0. The minimum Gasteiger partial charge on any atom is -0.396 e. The molecule has 0 rings (SSSR count). The minimum atomic E-state index is 0.0804. The quantitative estimate of drug-likeness (QED) is 0.160. The summed E-state index contributed by atoms with van der Waals surface area (Å²) in [5.74, 6) is 0.0804. The van der Waals surface area contributed by atoms with Crippen LogP contribution in [0.1, 0.15) is 148 Å². The molecule has 0 aromatic heterocycles. The van der Waals surface area contributed by atoms with Gasteiger partial charge in [0.2, 0.25) is 5.91 Å². The molecule has 3 heteroatoms. The fourth-order valence-corrected chi connectivity index (χ4v) is 3.94. The van der Waals surface area contributed by atoms with E-state index >= 15 is 0 Å². The van der Waals surface area contributed by atoms with Crippen LogP contribution < -0.4 is 5.32 Å². The Labute approximate surface area is 182 Å². The van der Waals surface area contributed by atoms with Crippen LogP contribution in [0.5, 0.6) is 0 Å². The van der Waals surface area contributed by atoms with E-state index in [4.69, 9.17) is 5.11 Å². The van der Waals surface area contributed by atoms with Gasteiger partial charge < -0.3 is 10.4 Å². The van der Waals surface area contributed by atoms with E-state index in [2.05, 4.69) is 12.2 Å². The fraction of sp³-hybridized carbons (Fsp3) is 0.962. The smallest absolute Gasteiger partial charge is 0.220 e. The molecule has 0 aliphatic carbocycles. The van der Waals surface area contributed by atoms with E-state index in [1.807, 2.05) is 0 Å². The molecule has 2 N–H and O–H groups in total. The SMILES string of the molecule is CCCCCCCCCCCCCCCCCCCCCCNC(=O)CCCO. The van der Waals surface area contributed by atoms with Gasteiger partial charge in [-0.2, -0.15) is 0 Å². The Kier molecular flexibility index (Phi) is 25.0. The van der Waals surface area contributed by atoms with E-state index < -0.39 is 0 Å². The Morgan fingerprint density at radius 3 is 1.24 bits per heavy atom. The van der Waals surface area contributed by atoms with Crippen LogP contribution in [0.2, 0.25) is 0 Å². The second kappa shape index (κ2) is 25.5. The molecule has 0 spiro atoms. The van der Waals surface area contributed by atoms with Gasteiger partial charge >= 0.3 is 0 Å². The van der Waals surface area contributed by atoms with Gasteiger partial charge in [-0.05, 0) is 12.8 Å². The van der Waals surface area contributed by atoms with Crippen molar-refractivity contribution in [3.63, 3.8) is 0 Å². The second-order valence-corrected chi connectivity index (χ2v) is 8.89. The maximum Gasteiger partial charge on any atom is 0.220 e. The molecule has 29 heavy (non-hydrogen) atoms. The number of carbonyl (C=O) groups excluding carboxylic acids is 1. The number of nitrogens with one attached hydrogen (secondary N) is 1. The van der Waals surface area contributed by atoms with E-state index in [1.165, 1.54) is 122 Å². The Morgan fingerprint density at radius 1 is 0.552 bits per heavy atom. The lowest BCUT2D eigenvalue weighted by Crippen LogP contribution is -2.24. The third-order valence-electron chi connectivity index (χ3n) is 5.91. The highest BCUT2D eigenvalue weighted by Crippen LogP contribution is 2.14. The molecule has 0 fully saturated rings. The fourth-order valence-electron chi connectivity index (χ4n) is 3.94. The number of amides is 1. The monoisotopic (exact) mass is 411 g/mol. The topological polar surface area (TPSA) is 49.3 Å². The number of aliphatic hydroxyl groups is 1. The molecule has 1 amide bonds. The van der Waals surface area contributed by atoms with Crippen molar-refractivity contribution in [2.75, 3.05) is 13.2 Å². The van der Waals surface area contributed by atoms with Crippen LogP contribution in [0.15, 0.2) is 0 Å². The Morgan fingerprint density at radius 2 is 0.897 bits per heavy atom. The maximum atomic E-state index is 11.4. The van der Waals surface area contributed by atoms with Crippen molar-refractivity contribution >= 4 is 5.91 Å². The summed E-state index contributed by atoms with van der Waals surface area (Å²) in [5, 5.41) is 11.6. The predicted molar refractivity (Wildman–Crippen MR) is 127 cm³/mol. The van der Waals surface area contributed by atoms with Crippen molar-refractivity contribution in [2.45, 2.75) is 148 Å². The van der Waals surface area contributed by atoms with Crippen LogP contribution in [0, 0.1) is 0 Å². The standard InChI is InChI=1S/C26H53NO2/c1-2-3-4-5-6-7-8-9-10-11-12-13-14-15-16-17-18-19-20-21-24-27-26(29)23-22-25-28/h28H,2-25H2,1H3,(H,27,29). The molecular weight excluding hydrogens is 358 g/mol. The Bertz CT molecular complexity index is 320. The number of carbonyl (C=O) groups is 1. The summed E-state index contributed by atoms with van der Waals surface area (Å²) in [6.07, 6.45) is 28.9. The van der Waals surface area contributed by atoms with Gasteiger partial charge in [-0.3, -0.25) is 4.79 Å². The van der Waals surface area contributed by atoms with Gasteiger partial charge in [0, 0.05) is 19.6 Å². The number of rotatable bonds is 24. The molecule has 0 aliphatic rings. The zero-order valence-electron chi connectivity index (χ0n) is 19.8. The van der Waals surface area contributed by atoms with Crippen molar-refractivity contribution < 1.29 is 9.90 Å². The molecule has 0 heterocycles. The number of aliphatic hydroxyl groups excluding tert-OH is 1. The molecule has 0 saturated carbocycles. The third-order valence-corrected chi connectivity index (χ3v) is 5.91. The van der Waals surface area contributed by atoms with Crippen LogP contribution in [-0.4, -0.2) is 24.2 Å². The van der Waals surface area contributed by atoms with Crippen LogP contribution in [-0.2, 0) is 4.79 Å². The summed E-state index contributed by atoms with van der Waals surface area (Å²) in [4.78, 5) is 11.4. The lowest BCUT2D eigenvalue weighted by atomic mass is 10.0. The minimum absolute atomic E-state index is 0.0804. The summed E-state index contributed by atoms with van der Waals surface area (Å²) in [7, 11) is 0. The highest BCUT2D eigenvalue weighted by atomic mass is 16.3. The number of hydrogen-bond acceptors (Lipinski definition) is 2. The molecule has 174 valence electrons. The number of unbranched alkanes of at least 4 members (excludes halogenated alkanes) is 19. The van der Waals surface area contributed by atoms with Crippen molar-refractivity contribution in [3.05, 3.63) is 0 Å². The van der Waals surface area contributed by atoms with Gasteiger partial charge in [0.05, 0.1) is 0 Å². The van der Waals surface area contributed by atoms with Crippen LogP contribution >= 0.6 is 0 Å². The molecule has 3 nitrogen and oxygen atoms in total. The molecule has 0 aromatic carbocycles. The summed E-state index contributed by atoms with van der Waals surface area (Å²) >= 11 is 0.